The summed E-state index contributed by atoms with van der Waals surface area (Å²) in [5.74, 6) is -1.16. The number of thiophene rings is 1. The first-order valence-electron chi connectivity index (χ1n) is 6.96. The van der Waals surface area contributed by atoms with Gasteiger partial charge in [-0.05, 0) is 44.2 Å². The molecule has 1 heterocycles. The number of imide groups is 1. The summed E-state index contributed by atoms with van der Waals surface area (Å²) < 4.78 is 4.93. The maximum atomic E-state index is 11.9. The highest BCUT2D eigenvalue weighted by Crippen LogP contribution is 2.29. The van der Waals surface area contributed by atoms with Gasteiger partial charge in [-0.25, -0.2) is 9.59 Å². The van der Waals surface area contributed by atoms with E-state index in [1.165, 1.54) is 21.8 Å². The first-order chi connectivity index (χ1) is 10.1. The van der Waals surface area contributed by atoms with Crippen molar-refractivity contribution in [2.45, 2.75) is 32.6 Å². The van der Waals surface area contributed by atoms with Gasteiger partial charge in [-0.1, -0.05) is 0 Å². The van der Waals surface area contributed by atoms with Crippen LogP contribution in [0, 0.1) is 0 Å². The molecule has 0 fully saturated rings. The van der Waals surface area contributed by atoms with E-state index in [1.807, 2.05) is 6.07 Å². The molecule has 0 radical (unpaired) electrons. The van der Waals surface area contributed by atoms with Crippen LogP contribution >= 0.6 is 11.3 Å². The summed E-state index contributed by atoms with van der Waals surface area (Å²) in [6.07, 6.45) is 4.30. The summed E-state index contributed by atoms with van der Waals surface area (Å²) in [7, 11) is 0. The molecule has 6 nitrogen and oxygen atoms in total. The monoisotopic (exact) mass is 310 g/mol. The predicted molar refractivity (Wildman–Crippen MR) is 78.5 cm³/mol. The van der Waals surface area contributed by atoms with E-state index in [2.05, 4.69) is 10.6 Å². The molecular formula is C14H18N2O4S. The maximum Gasteiger partial charge on any atom is 0.348 e. The van der Waals surface area contributed by atoms with Gasteiger partial charge in [0.05, 0.1) is 0 Å². The minimum atomic E-state index is -0.643. The number of rotatable bonds is 4. The molecule has 2 rings (SSSR count). The number of aryl methyl sites for hydroxylation is 2. The molecule has 1 aliphatic carbocycles. The molecule has 7 heteroatoms. The van der Waals surface area contributed by atoms with Crippen LogP contribution in [0.25, 0.3) is 0 Å². The normalized spacial score (nSPS) is 13.2. The third-order valence-electron chi connectivity index (χ3n) is 3.12. The number of nitrogens with one attached hydrogen (secondary N) is 2. The quantitative estimate of drug-likeness (QED) is 0.828. The van der Waals surface area contributed by atoms with Gasteiger partial charge in [-0.2, -0.15) is 0 Å². The van der Waals surface area contributed by atoms with Crippen molar-refractivity contribution in [1.82, 2.24) is 10.6 Å². The van der Waals surface area contributed by atoms with Crippen LogP contribution in [0.15, 0.2) is 6.07 Å². The van der Waals surface area contributed by atoms with Crippen LogP contribution in [0.1, 0.15) is 39.9 Å². The Kier molecular flexibility index (Phi) is 5.32. The van der Waals surface area contributed by atoms with Gasteiger partial charge in [-0.15, -0.1) is 11.3 Å². The number of esters is 1. The molecular weight excluding hydrogens is 292 g/mol. The Morgan fingerprint density at radius 3 is 2.76 bits per heavy atom. The first-order valence-corrected chi connectivity index (χ1v) is 7.78. The molecule has 3 amide bonds. The van der Waals surface area contributed by atoms with Gasteiger partial charge in [0.1, 0.15) is 4.88 Å². The smallest absolute Gasteiger partial charge is 0.348 e. The second-order valence-corrected chi connectivity index (χ2v) is 5.89. The number of amides is 3. The SMILES string of the molecule is CCNC(=O)NC(=O)COC(=O)c1cc2c(s1)CCCC2. The lowest BCUT2D eigenvalue weighted by atomic mass is 9.99. The molecule has 0 unspecified atom stereocenters. The molecule has 1 aromatic heterocycles. The van der Waals surface area contributed by atoms with Gasteiger partial charge in [0, 0.05) is 11.4 Å². The van der Waals surface area contributed by atoms with Crippen molar-refractivity contribution in [2.24, 2.45) is 0 Å². The Labute approximate surface area is 126 Å². The van der Waals surface area contributed by atoms with Gasteiger partial charge in [0.15, 0.2) is 6.61 Å². The van der Waals surface area contributed by atoms with Crippen LogP contribution < -0.4 is 10.6 Å². The molecule has 114 valence electrons. The minimum Gasteiger partial charge on any atom is -0.451 e. The van der Waals surface area contributed by atoms with Gasteiger partial charge in [0.25, 0.3) is 5.91 Å². The van der Waals surface area contributed by atoms with Crippen molar-refractivity contribution in [3.63, 3.8) is 0 Å². The first kappa shape index (κ1) is 15.5. The average molecular weight is 310 g/mol. The average Bonchev–Trinajstić information content (AvgIpc) is 2.89. The van der Waals surface area contributed by atoms with E-state index >= 15 is 0 Å². The molecule has 0 aromatic carbocycles. The van der Waals surface area contributed by atoms with E-state index in [0.29, 0.717) is 11.4 Å². The summed E-state index contributed by atoms with van der Waals surface area (Å²) in [4.78, 5) is 36.2. The lowest BCUT2D eigenvalue weighted by molar-refractivity contribution is -0.123. The van der Waals surface area contributed by atoms with E-state index in [0.717, 1.165) is 25.7 Å². The molecule has 0 atom stereocenters. The minimum absolute atomic E-state index is 0.416. The number of carbonyl (C=O) groups excluding carboxylic acids is 3. The fraction of sp³-hybridized carbons (Fsp3) is 0.500. The van der Waals surface area contributed by atoms with Crippen molar-refractivity contribution in [2.75, 3.05) is 13.2 Å². The van der Waals surface area contributed by atoms with E-state index in [4.69, 9.17) is 4.74 Å². The predicted octanol–water partition coefficient (Wildman–Crippen LogP) is 1.63. The summed E-state index contributed by atoms with van der Waals surface area (Å²) in [5.41, 5.74) is 1.21. The number of hydrogen-bond acceptors (Lipinski definition) is 5. The number of hydrogen-bond donors (Lipinski definition) is 2. The summed E-state index contributed by atoms with van der Waals surface area (Å²) >= 11 is 1.43. The molecule has 0 saturated heterocycles. The van der Waals surface area contributed by atoms with Gasteiger partial charge < -0.3 is 10.1 Å². The van der Waals surface area contributed by atoms with E-state index in [1.54, 1.807) is 6.92 Å². The van der Waals surface area contributed by atoms with Crippen LogP contribution in [0.2, 0.25) is 0 Å². The van der Waals surface area contributed by atoms with Crippen LogP contribution in [0.3, 0.4) is 0 Å². The zero-order valence-electron chi connectivity index (χ0n) is 11.9. The molecule has 21 heavy (non-hydrogen) atoms. The van der Waals surface area contributed by atoms with Crippen LogP contribution in [0.5, 0.6) is 0 Å². The number of fused-ring (bicyclic) bond motifs is 1. The topological polar surface area (TPSA) is 84.5 Å². The zero-order chi connectivity index (χ0) is 15.2. The van der Waals surface area contributed by atoms with Crippen molar-refractivity contribution >= 4 is 29.2 Å². The summed E-state index contributed by atoms with van der Waals surface area (Å²) in [6, 6.07) is 1.26. The maximum absolute atomic E-state index is 11.9. The Balaban J connectivity index is 1.83. The molecule has 0 bridgehead atoms. The molecule has 2 N–H and O–H groups in total. The van der Waals surface area contributed by atoms with E-state index in [-0.39, 0.29) is 0 Å². The van der Waals surface area contributed by atoms with Gasteiger partial charge >= 0.3 is 12.0 Å². The lowest BCUT2D eigenvalue weighted by Crippen LogP contribution is -2.41. The Hall–Kier alpha value is -1.89. The third kappa shape index (κ3) is 4.29. The molecule has 0 spiro atoms. The van der Waals surface area contributed by atoms with Crippen molar-refractivity contribution in [1.29, 1.82) is 0 Å². The largest absolute Gasteiger partial charge is 0.451 e. The second-order valence-electron chi connectivity index (χ2n) is 4.75. The Bertz CT molecular complexity index is 530. The van der Waals surface area contributed by atoms with Gasteiger partial charge in [-0.3, -0.25) is 10.1 Å². The Morgan fingerprint density at radius 1 is 1.29 bits per heavy atom. The van der Waals surface area contributed by atoms with Gasteiger partial charge in [0.2, 0.25) is 0 Å². The highest BCUT2D eigenvalue weighted by Gasteiger charge is 2.19. The van der Waals surface area contributed by atoms with Crippen molar-refractivity contribution < 1.29 is 19.1 Å². The molecule has 1 aromatic rings. The third-order valence-corrected chi connectivity index (χ3v) is 4.34. The zero-order valence-corrected chi connectivity index (χ0v) is 12.7. The number of carbonyl (C=O) groups is 3. The molecule has 1 aliphatic rings. The Morgan fingerprint density at radius 2 is 2.05 bits per heavy atom. The lowest BCUT2D eigenvalue weighted by Gasteiger charge is -2.08. The van der Waals surface area contributed by atoms with Crippen LogP contribution in [-0.4, -0.2) is 31.1 Å². The summed E-state index contributed by atoms with van der Waals surface area (Å²) in [5, 5.41) is 4.49. The highest BCUT2D eigenvalue weighted by molar-refractivity contribution is 7.14. The number of ether oxygens (including phenoxy) is 1. The second kappa shape index (κ2) is 7.21. The standard InChI is InChI=1S/C14H18N2O4S/c1-2-15-14(19)16-12(17)8-20-13(18)11-7-9-5-3-4-6-10(9)21-11/h7H,2-6,8H2,1H3,(H2,15,16,17,19). The van der Waals surface area contributed by atoms with Crippen molar-refractivity contribution in [3.8, 4) is 0 Å². The summed E-state index contributed by atoms with van der Waals surface area (Å²) in [6.45, 7) is 1.70. The molecule has 0 saturated carbocycles. The fourth-order valence-corrected chi connectivity index (χ4v) is 3.31. The van der Waals surface area contributed by atoms with Crippen LogP contribution in [0.4, 0.5) is 4.79 Å². The van der Waals surface area contributed by atoms with Crippen LogP contribution in [-0.2, 0) is 22.4 Å². The highest BCUT2D eigenvalue weighted by atomic mass is 32.1. The van der Waals surface area contributed by atoms with Crippen molar-refractivity contribution in [3.05, 3.63) is 21.4 Å². The van der Waals surface area contributed by atoms with E-state index < -0.39 is 24.5 Å². The molecule has 0 aliphatic heterocycles. The number of urea groups is 1. The van der Waals surface area contributed by atoms with E-state index in [9.17, 15) is 14.4 Å². The fourth-order valence-electron chi connectivity index (χ4n) is 2.16.